The van der Waals surface area contributed by atoms with Crippen LogP contribution in [0.1, 0.15) is 91.5 Å². The fraction of sp³-hybridized carbons (Fsp3) is 0.567. The quantitative estimate of drug-likeness (QED) is 0.362. The van der Waals surface area contributed by atoms with Gasteiger partial charge in [-0.3, -0.25) is 9.69 Å². The lowest BCUT2D eigenvalue weighted by Gasteiger charge is -2.34. The number of benzene rings is 2. The number of hydrogen-bond donors (Lipinski definition) is 2. The molecule has 1 aliphatic carbocycles. The van der Waals surface area contributed by atoms with E-state index < -0.39 is 28.0 Å². The molecule has 10 heteroatoms. The molecule has 1 unspecified atom stereocenters. The van der Waals surface area contributed by atoms with Crippen LogP contribution in [0.5, 0.6) is 0 Å². The minimum Gasteiger partial charge on any atom is -0.396 e. The highest BCUT2D eigenvalue weighted by atomic mass is 32.2. The molecule has 1 heterocycles. The second-order valence-corrected chi connectivity index (χ2v) is 13.3. The Kier molecular flexibility index (Phi) is 9.62. The van der Waals surface area contributed by atoms with Crippen molar-refractivity contribution in [2.24, 2.45) is 11.8 Å². The number of nitrogens with zero attached hydrogens (tertiary/aromatic N) is 1. The zero-order chi connectivity index (χ0) is 29.1. The zero-order valence-electron chi connectivity index (χ0n) is 23.1. The summed E-state index contributed by atoms with van der Waals surface area (Å²) < 4.78 is 63.5. The van der Waals surface area contributed by atoms with E-state index >= 15 is 0 Å². The van der Waals surface area contributed by atoms with Gasteiger partial charge in [-0.2, -0.15) is 13.2 Å². The maximum Gasteiger partial charge on any atom is 0.391 e. The normalized spacial score (nSPS) is 22.6. The van der Waals surface area contributed by atoms with Gasteiger partial charge in [0.1, 0.15) is 0 Å². The van der Waals surface area contributed by atoms with Crippen LogP contribution in [0.2, 0.25) is 0 Å². The average molecular weight is 581 g/mol. The van der Waals surface area contributed by atoms with Crippen LogP contribution < -0.4 is 5.32 Å². The molecule has 0 bridgehead atoms. The maximum absolute atomic E-state index is 13.2. The van der Waals surface area contributed by atoms with Gasteiger partial charge in [-0.15, -0.1) is 0 Å². The average Bonchev–Trinajstić information content (AvgIpc) is 3.28. The van der Waals surface area contributed by atoms with Gasteiger partial charge in [0.15, 0.2) is 9.84 Å². The van der Waals surface area contributed by atoms with Crippen LogP contribution in [0.15, 0.2) is 47.4 Å². The standard InChI is InChI=1S/C30H39F3N2O4S/c1-3-28-26-14-9-22(17-23(26)19-35(28)18-20-5-10-24(11-6-20)30(31,32)33)29(37)34-27(15-16-36)21-7-12-25(13-8-21)40(38,39)4-2/h7-9,12-14,17,20,24,27-28,36H,3-6,10-11,15-16,18-19H2,1-2H3,(H,34,37)/t20-,24-,27-,28?/m0/s1. The molecule has 220 valence electrons. The first-order valence-electron chi connectivity index (χ1n) is 14.1. The van der Waals surface area contributed by atoms with Gasteiger partial charge in [0, 0.05) is 31.3 Å². The minimum atomic E-state index is -4.10. The second kappa shape index (κ2) is 12.6. The number of halogens is 3. The van der Waals surface area contributed by atoms with Crippen molar-refractivity contribution < 1.29 is 31.5 Å². The van der Waals surface area contributed by atoms with Gasteiger partial charge in [-0.1, -0.05) is 32.0 Å². The molecule has 2 aliphatic rings. The summed E-state index contributed by atoms with van der Waals surface area (Å²) >= 11 is 0. The van der Waals surface area contributed by atoms with E-state index in [4.69, 9.17) is 0 Å². The molecule has 0 radical (unpaired) electrons. The molecule has 0 saturated heterocycles. The number of aliphatic hydroxyl groups excluding tert-OH is 1. The Bertz CT molecular complexity index is 1270. The molecule has 40 heavy (non-hydrogen) atoms. The Morgan fingerprint density at radius 2 is 1.75 bits per heavy atom. The van der Waals surface area contributed by atoms with E-state index in [2.05, 4.69) is 17.1 Å². The van der Waals surface area contributed by atoms with Crippen molar-refractivity contribution in [3.8, 4) is 0 Å². The fourth-order valence-electron chi connectivity index (χ4n) is 6.18. The molecule has 2 atom stereocenters. The SMILES string of the molecule is CCC1c2ccc(C(=O)N[C@@H](CCO)c3ccc(S(=O)(=O)CC)cc3)cc2CN1C[C@H]1CC[C@H](C(F)(F)F)CC1. The van der Waals surface area contributed by atoms with Gasteiger partial charge in [0.05, 0.1) is 22.6 Å². The van der Waals surface area contributed by atoms with E-state index in [1.54, 1.807) is 25.1 Å². The van der Waals surface area contributed by atoms with Crippen LogP contribution in [0.25, 0.3) is 0 Å². The van der Waals surface area contributed by atoms with Crippen LogP contribution in [-0.2, 0) is 16.4 Å². The van der Waals surface area contributed by atoms with Gasteiger partial charge in [-0.05, 0) is 85.4 Å². The van der Waals surface area contributed by atoms with E-state index in [1.165, 1.54) is 12.1 Å². The number of amides is 1. The van der Waals surface area contributed by atoms with Crippen molar-refractivity contribution in [1.29, 1.82) is 0 Å². The van der Waals surface area contributed by atoms with Crippen molar-refractivity contribution in [2.45, 2.75) is 82.1 Å². The second-order valence-electron chi connectivity index (χ2n) is 11.0. The number of nitrogens with one attached hydrogen (secondary N) is 1. The molecule has 4 rings (SSSR count). The van der Waals surface area contributed by atoms with Gasteiger partial charge < -0.3 is 10.4 Å². The Labute approximate surface area is 234 Å². The van der Waals surface area contributed by atoms with Gasteiger partial charge in [0.2, 0.25) is 0 Å². The first-order valence-corrected chi connectivity index (χ1v) is 15.8. The number of carbonyl (C=O) groups excluding carboxylic acids is 1. The summed E-state index contributed by atoms with van der Waals surface area (Å²) in [5.41, 5.74) is 3.41. The number of rotatable bonds is 10. The Hall–Kier alpha value is -2.43. The molecular formula is C30H39F3N2O4S. The smallest absolute Gasteiger partial charge is 0.391 e. The number of alkyl halides is 3. The number of aliphatic hydroxyl groups is 1. The predicted molar refractivity (Wildman–Crippen MR) is 147 cm³/mol. The van der Waals surface area contributed by atoms with E-state index in [-0.39, 0.29) is 54.4 Å². The van der Waals surface area contributed by atoms with Crippen molar-refractivity contribution in [1.82, 2.24) is 10.2 Å². The third-order valence-electron chi connectivity index (χ3n) is 8.51. The molecule has 2 aromatic rings. The lowest BCUT2D eigenvalue weighted by molar-refractivity contribution is -0.184. The van der Waals surface area contributed by atoms with E-state index in [0.717, 1.165) is 24.1 Å². The minimum absolute atomic E-state index is 0.00300. The molecule has 1 fully saturated rings. The topological polar surface area (TPSA) is 86.7 Å². The third-order valence-corrected chi connectivity index (χ3v) is 10.3. The third kappa shape index (κ3) is 6.89. The molecule has 0 aromatic heterocycles. The van der Waals surface area contributed by atoms with Gasteiger partial charge in [-0.25, -0.2) is 8.42 Å². The van der Waals surface area contributed by atoms with Crippen LogP contribution in [0.4, 0.5) is 13.2 Å². The largest absolute Gasteiger partial charge is 0.396 e. The molecule has 1 saturated carbocycles. The summed E-state index contributed by atoms with van der Waals surface area (Å²) in [5, 5.41) is 12.6. The molecule has 2 N–H and O–H groups in total. The van der Waals surface area contributed by atoms with Crippen molar-refractivity contribution >= 4 is 15.7 Å². The van der Waals surface area contributed by atoms with E-state index in [1.807, 2.05) is 12.1 Å². The number of sulfone groups is 1. The maximum atomic E-state index is 13.2. The van der Waals surface area contributed by atoms with E-state index in [9.17, 15) is 31.5 Å². The molecule has 0 spiro atoms. The Morgan fingerprint density at radius 3 is 2.33 bits per heavy atom. The number of carbonyl (C=O) groups is 1. The number of hydrogen-bond acceptors (Lipinski definition) is 5. The number of fused-ring (bicyclic) bond motifs is 1. The summed E-state index contributed by atoms with van der Waals surface area (Å²) in [7, 11) is -3.34. The Morgan fingerprint density at radius 1 is 1.07 bits per heavy atom. The van der Waals surface area contributed by atoms with Crippen molar-refractivity contribution in [3.63, 3.8) is 0 Å². The van der Waals surface area contributed by atoms with Crippen LogP contribution in [-0.4, -0.2) is 49.4 Å². The van der Waals surface area contributed by atoms with Crippen molar-refractivity contribution in [3.05, 3.63) is 64.7 Å². The monoisotopic (exact) mass is 580 g/mol. The zero-order valence-corrected chi connectivity index (χ0v) is 23.9. The molecule has 1 amide bonds. The fourth-order valence-corrected chi connectivity index (χ4v) is 7.06. The lowest BCUT2D eigenvalue weighted by Crippen LogP contribution is -2.33. The molecule has 6 nitrogen and oxygen atoms in total. The first-order chi connectivity index (χ1) is 19.0. The van der Waals surface area contributed by atoms with Crippen LogP contribution >= 0.6 is 0 Å². The summed E-state index contributed by atoms with van der Waals surface area (Å²) in [6.07, 6.45) is -1.40. The van der Waals surface area contributed by atoms with Crippen LogP contribution in [0, 0.1) is 11.8 Å². The summed E-state index contributed by atoms with van der Waals surface area (Å²) in [6, 6.07) is 11.7. The van der Waals surface area contributed by atoms with Crippen molar-refractivity contribution in [2.75, 3.05) is 18.9 Å². The molecular weight excluding hydrogens is 541 g/mol. The molecule has 1 aliphatic heterocycles. The Balaban J connectivity index is 1.43. The molecule has 2 aromatic carbocycles. The lowest BCUT2D eigenvalue weighted by atomic mass is 9.81. The van der Waals surface area contributed by atoms with Crippen LogP contribution in [0.3, 0.4) is 0 Å². The van der Waals surface area contributed by atoms with E-state index in [0.29, 0.717) is 30.5 Å². The first kappa shape index (κ1) is 30.5. The summed E-state index contributed by atoms with van der Waals surface area (Å²) in [6.45, 7) is 4.94. The summed E-state index contributed by atoms with van der Waals surface area (Å²) in [4.78, 5) is 15.8. The highest BCUT2D eigenvalue weighted by molar-refractivity contribution is 7.91. The van der Waals surface area contributed by atoms with Gasteiger partial charge in [0.25, 0.3) is 5.91 Å². The highest BCUT2D eigenvalue weighted by Crippen LogP contribution is 2.42. The van der Waals surface area contributed by atoms with Gasteiger partial charge >= 0.3 is 6.18 Å². The highest BCUT2D eigenvalue weighted by Gasteiger charge is 2.42. The predicted octanol–water partition coefficient (Wildman–Crippen LogP) is 5.97. The summed E-state index contributed by atoms with van der Waals surface area (Å²) in [5.74, 6) is -1.23.